The van der Waals surface area contributed by atoms with Gasteiger partial charge in [-0.1, -0.05) is 103 Å². The van der Waals surface area contributed by atoms with Gasteiger partial charge in [-0.3, -0.25) is 13.9 Å². The van der Waals surface area contributed by atoms with Crippen LogP contribution in [0, 0.1) is 0 Å². The molecule has 1 N–H and O–H groups in total. The molecular weight excluding hydrogens is 669 g/mol. The fourth-order valence-electron chi connectivity index (χ4n) is 5.82. The van der Waals surface area contributed by atoms with Crippen molar-refractivity contribution in [3.63, 3.8) is 0 Å². The van der Waals surface area contributed by atoms with Crippen LogP contribution in [0.3, 0.4) is 0 Å². The molecule has 5 rings (SSSR count). The van der Waals surface area contributed by atoms with Gasteiger partial charge in [-0.05, 0) is 65.9 Å². The third kappa shape index (κ3) is 9.75. The quantitative estimate of drug-likeness (QED) is 0.152. The Morgan fingerprint density at radius 1 is 0.833 bits per heavy atom. The van der Waals surface area contributed by atoms with Crippen LogP contribution in [0.1, 0.15) is 42.4 Å². The van der Waals surface area contributed by atoms with Gasteiger partial charge in [-0.2, -0.15) is 0 Å². The Labute approximate surface area is 292 Å². The highest BCUT2D eigenvalue weighted by Gasteiger charge is 2.34. The van der Waals surface area contributed by atoms with Crippen molar-refractivity contribution in [3.05, 3.63) is 130 Å². The molecule has 0 heterocycles. The second-order valence-electron chi connectivity index (χ2n) is 12.0. The molecule has 1 unspecified atom stereocenters. The van der Waals surface area contributed by atoms with E-state index >= 15 is 0 Å². The standard InChI is InChI=1S/C37H39Cl2N3O5S/c1-48(45,46)42(31-17-19-32(20-18-31)47-26-28-12-6-3-7-13-28)25-36(43)41(24-29-16-21-33(38)34(39)22-29)35(23-27-10-4-2-5-11-27)37(44)40-30-14-8-9-15-30/h2-7,10-13,16-22,30,35H,8-9,14-15,23-26H2,1H3,(H,40,44). The molecule has 4 aromatic carbocycles. The van der Waals surface area contributed by atoms with E-state index in [0.29, 0.717) is 33.7 Å². The fourth-order valence-corrected chi connectivity index (χ4v) is 6.99. The van der Waals surface area contributed by atoms with E-state index in [1.54, 1.807) is 42.5 Å². The molecule has 11 heteroatoms. The molecule has 1 aliphatic carbocycles. The lowest BCUT2D eigenvalue weighted by atomic mass is 10.0. The molecule has 0 aliphatic heterocycles. The molecule has 2 amide bonds. The topological polar surface area (TPSA) is 96.0 Å². The molecule has 1 saturated carbocycles. The summed E-state index contributed by atoms with van der Waals surface area (Å²) in [5, 5.41) is 3.83. The lowest BCUT2D eigenvalue weighted by molar-refractivity contribution is -0.140. The Hall–Kier alpha value is -4.05. The number of nitrogens with one attached hydrogen (secondary N) is 1. The van der Waals surface area contributed by atoms with Gasteiger partial charge in [-0.15, -0.1) is 0 Å². The van der Waals surface area contributed by atoms with Crippen LogP contribution in [-0.2, 0) is 39.2 Å². The monoisotopic (exact) mass is 707 g/mol. The maximum Gasteiger partial charge on any atom is 0.244 e. The summed E-state index contributed by atoms with van der Waals surface area (Å²) in [6.07, 6.45) is 5.09. The van der Waals surface area contributed by atoms with Crippen molar-refractivity contribution in [1.82, 2.24) is 10.2 Å². The number of carbonyl (C=O) groups excluding carboxylic acids is 2. The Balaban J connectivity index is 1.44. The molecule has 0 bridgehead atoms. The van der Waals surface area contributed by atoms with Crippen molar-refractivity contribution < 1.29 is 22.7 Å². The van der Waals surface area contributed by atoms with Crippen LogP contribution in [0.2, 0.25) is 10.0 Å². The van der Waals surface area contributed by atoms with Crippen molar-refractivity contribution in [1.29, 1.82) is 0 Å². The largest absolute Gasteiger partial charge is 0.489 e. The maximum atomic E-state index is 14.4. The van der Waals surface area contributed by atoms with E-state index in [1.165, 1.54) is 4.90 Å². The molecule has 252 valence electrons. The number of anilines is 1. The summed E-state index contributed by atoms with van der Waals surface area (Å²) in [5.41, 5.74) is 2.80. The van der Waals surface area contributed by atoms with Gasteiger partial charge in [0.25, 0.3) is 0 Å². The van der Waals surface area contributed by atoms with Crippen LogP contribution in [0.25, 0.3) is 0 Å². The highest BCUT2D eigenvalue weighted by Crippen LogP contribution is 2.27. The lowest BCUT2D eigenvalue weighted by Gasteiger charge is -2.34. The Morgan fingerprint density at radius 2 is 1.46 bits per heavy atom. The molecule has 48 heavy (non-hydrogen) atoms. The first-order chi connectivity index (χ1) is 23.1. The Morgan fingerprint density at radius 3 is 2.06 bits per heavy atom. The first-order valence-electron chi connectivity index (χ1n) is 15.9. The molecule has 0 aromatic heterocycles. The number of hydrogen-bond donors (Lipinski definition) is 1. The van der Waals surface area contributed by atoms with E-state index in [0.717, 1.165) is 47.4 Å². The Kier molecular flexibility index (Phi) is 12.0. The summed E-state index contributed by atoms with van der Waals surface area (Å²) in [7, 11) is -3.92. The highest BCUT2D eigenvalue weighted by molar-refractivity contribution is 7.92. The smallest absolute Gasteiger partial charge is 0.244 e. The maximum absolute atomic E-state index is 14.4. The molecular formula is C37H39Cl2N3O5S. The van der Waals surface area contributed by atoms with Gasteiger partial charge in [0.1, 0.15) is 24.9 Å². The van der Waals surface area contributed by atoms with E-state index in [-0.39, 0.29) is 24.9 Å². The number of halogens is 2. The fraction of sp³-hybridized carbons (Fsp3) is 0.297. The zero-order chi connectivity index (χ0) is 34.1. The van der Waals surface area contributed by atoms with Gasteiger partial charge in [0.05, 0.1) is 22.0 Å². The van der Waals surface area contributed by atoms with Gasteiger partial charge >= 0.3 is 0 Å². The minimum Gasteiger partial charge on any atom is -0.489 e. The second-order valence-corrected chi connectivity index (χ2v) is 14.7. The van der Waals surface area contributed by atoms with E-state index < -0.39 is 28.5 Å². The zero-order valence-corrected chi connectivity index (χ0v) is 29.1. The van der Waals surface area contributed by atoms with Crippen LogP contribution in [0.5, 0.6) is 5.75 Å². The van der Waals surface area contributed by atoms with E-state index in [1.807, 2.05) is 60.7 Å². The van der Waals surface area contributed by atoms with E-state index in [4.69, 9.17) is 27.9 Å². The SMILES string of the molecule is CS(=O)(=O)N(CC(=O)N(Cc1ccc(Cl)c(Cl)c1)C(Cc1ccccc1)C(=O)NC1CCCC1)c1ccc(OCc2ccccc2)cc1. The summed E-state index contributed by atoms with van der Waals surface area (Å²) in [4.78, 5) is 29.9. The van der Waals surface area contributed by atoms with Crippen molar-refractivity contribution in [3.8, 4) is 5.75 Å². The van der Waals surface area contributed by atoms with Crippen molar-refractivity contribution in [2.24, 2.45) is 0 Å². The predicted molar refractivity (Wildman–Crippen MR) is 191 cm³/mol. The number of carbonyl (C=O) groups is 2. The zero-order valence-electron chi connectivity index (χ0n) is 26.7. The number of nitrogens with zero attached hydrogens (tertiary/aromatic N) is 2. The molecule has 0 spiro atoms. The number of amides is 2. The summed E-state index contributed by atoms with van der Waals surface area (Å²) >= 11 is 12.5. The predicted octanol–water partition coefficient (Wildman–Crippen LogP) is 7.04. The number of sulfonamides is 1. The molecule has 8 nitrogen and oxygen atoms in total. The van der Waals surface area contributed by atoms with Crippen LogP contribution in [-0.4, -0.2) is 50.0 Å². The number of hydrogen-bond acceptors (Lipinski definition) is 5. The first kappa shape index (κ1) is 35.3. The van der Waals surface area contributed by atoms with Crippen molar-refractivity contribution in [2.45, 2.75) is 57.3 Å². The van der Waals surface area contributed by atoms with Gasteiger partial charge < -0.3 is 15.0 Å². The Bertz CT molecular complexity index is 1790. The molecule has 0 saturated heterocycles. The molecule has 0 radical (unpaired) electrons. The average molecular weight is 709 g/mol. The average Bonchev–Trinajstić information content (AvgIpc) is 3.59. The molecule has 4 aromatic rings. The summed E-state index contributed by atoms with van der Waals surface area (Å²) in [6, 6.07) is 29.8. The van der Waals surface area contributed by atoms with Gasteiger partial charge in [0, 0.05) is 19.0 Å². The van der Waals surface area contributed by atoms with Gasteiger partial charge in [0.2, 0.25) is 21.8 Å². The summed E-state index contributed by atoms with van der Waals surface area (Å²) in [5.74, 6) is -0.279. The highest BCUT2D eigenvalue weighted by atomic mass is 35.5. The number of ether oxygens (including phenoxy) is 1. The first-order valence-corrected chi connectivity index (χ1v) is 18.5. The number of rotatable bonds is 14. The number of benzene rings is 4. The minimum absolute atomic E-state index is 0.00910. The second kappa shape index (κ2) is 16.4. The van der Waals surface area contributed by atoms with Crippen molar-refractivity contribution in [2.75, 3.05) is 17.1 Å². The van der Waals surface area contributed by atoms with Crippen LogP contribution < -0.4 is 14.4 Å². The van der Waals surface area contributed by atoms with Gasteiger partial charge in [0.15, 0.2) is 0 Å². The molecule has 1 aliphatic rings. The van der Waals surface area contributed by atoms with E-state index in [2.05, 4.69) is 5.32 Å². The van der Waals surface area contributed by atoms with Crippen LogP contribution >= 0.6 is 23.2 Å². The summed E-state index contributed by atoms with van der Waals surface area (Å²) < 4.78 is 33.3. The molecule has 1 atom stereocenters. The third-order valence-electron chi connectivity index (χ3n) is 8.36. The van der Waals surface area contributed by atoms with Gasteiger partial charge in [-0.25, -0.2) is 8.42 Å². The summed E-state index contributed by atoms with van der Waals surface area (Å²) in [6.45, 7) is -0.161. The van der Waals surface area contributed by atoms with E-state index in [9.17, 15) is 18.0 Å². The minimum atomic E-state index is -3.92. The third-order valence-corrected chi connectivity index (χ3v) is 10.2. The molecule has 1 fully saturated rings. The lowest BCUT2D eigenvalue weighted by Crippen LogP contribution is -2.54. The van der Waals surface area contributed by atoms with Crippen molar-refractivity contribution >= 4 is 50.7 Å². The van der Waals surface area contributed by atoms with Crippen LogP contribution in [0.15, 0.2) is 103 Å². The normalized spacial score (nSPS) is 13.9. The van der Waals surface area contributed by atoms with Crippen LogP contribution in [0.4, 0.5) is 5.69 Å².